The van der Waals surface area contributed by atoms with Gasteiger partial charge < -0.3 is 5.11 Å². The van der Waals surface area contributed by atoms with E-state index >= 15 is 0 Å². The molecule has 0 aliphatic carbocycles. The summed E-state index contributed by atoms with van der Waals surface area (Å²) in [7, 11) is 0. The van der Waals surface area contributed by atoms with Gasteiger partial charge in [-0.1, -0.05) is 36.4 Å². The van der Waals surface area contributed by atoms with E-state index in [1.165, 1.54) is 16.7 Å². The van der Waals surface area contributed by atoms with E-state index in [9.17, 15) is 5.11 Å². The average Bonchev–Trinajstić information content (AvgIpc) is 2.91. The van der Waals surface area contributed by atoms with Gasteiger partial charge in [-0.15, -0.1) is 11.3 Å². The van der Waals surface area contributed by atoms with Gasteiger partial charge in [0.15, 0.2) is 0 Å². The van der Waals surface area contributed by atoms with E-state index < -0.39 is 6.10 Å². The Bertz CT molecular complexity index is 634. The summed E-state index contributed by atoms with van der Waals surface area (Å²) >= 11 is 1.47. The molecule has 0 radical (unpaired) electrons. The third kappa shape index (κ3) is 1.95. The number of rotatable bonds is 2. The fraction of sp³-hybridized carbons (Fsp3) is 0.0714. The summed E-state index contributed by atoms with van der Waals surface area (Å²) in [5, 5.41) is 12.5. The summed E-state index contributed by atoms with van der Waals surface area (Å²) in [6.45, 7) is 0. The molecule has 3 aromatic rings. The first-order valence-corrected chi connectivity index (χ1v) is 6.28. The number of thiazole rings is 1. The minimum absolute atomic E-state index is 0.577. The van der Waals surface area contributed by atoms with Crippen LogP contribution in [-0.4, -0.2) is 10.1 Å². The lowest BCUT2D eigenvalue weighted by molar-refractivity contribution is 0.224. The van der Waals surface area contributed by atoms with Gasteiger partial charge in [0, 0.05) is 6.20 Å². The van der Waals surface area contributed by atoms with Gasteiger partial charge in [-0.2, -0.15) is 0 Å². The lowest BCUT2D eigenvalue weighted by atomic mass is 10.0. The summed E-state index contributed by atoms with van der Waals surface area (Å²) in [6.07, 6.45) is 1.14. The number of aliphatic hydroxyl groups is 1. The van der Waals surface area contributed by atoms with Crippen LogP contribution in [0.3, 0.4) is 0 Å². The van der Waals surface area contributed by atoms with Crippen molar-refractivity contribution in [1.29, 1.82) is 0 Å². The molecular weight excluding hydrogens is 230 g/mol. The molecule has 0 aliphatic rings. The SMILES string of the molecule is OC(c1ccc2ccccc2c1)c1cncs1. The van der Waals surface area contributed by atoms with Gasteiger partial charge in [0.1, 0.15) is 6.10 Å². The van der Waals surface area contributed by atoms with Crippen LogP contribution in [0.4, 0.5) is 0 Å². The Morgan fingerprint density at radius 3 is 2.65 bits per heavy atom. The van der Waals surface area contributed by atoms with Gasteiger partial charge in [-0.05, 0) is 22.4 Å². The van der Waals surface area contributed by atoms with E-state index in [1.807, 2.05) is 30.3 Å². The highest BCUT2D eigenvalue weighted by Crippen LogP contribution is 2.27. The van der Waals surface area contributed by atoms with E-state index in [2.05, 4.69) is 17.1 Å². The number of fused-ring (bicyclic) bond motifs is 1. The third-order valence-electron chi connectivity index (χ3n) is 2.81. The van der Waals surface area contributed by atoms with Crippen molar-refractivity contribution in [1.82, 2.24) is 4.98 Å². The molecule has 1 atom stereocenters. The van der Waals surface area contributed by atoms with Crippen LogP contribution in [0.2, 0.25) is 0 Å². The Morgan fingerprint density at radius 2 is 1.88 bits per heavy atom. The fourth-order valence-electron chi connectivity index (χ4n) is 1.90. The van der Waals surface area contributed by atoms with Crippen LogP contribution < -0.4 is 0 Å². The smallest absolute Gasteiger partial charge is 0.115 e. The predicted molar refractivity (Wildman–Crippen MR) is 70.1 cm³/mol. The van der Waals surface area contributed by atoms with Gasteiger partial charge in [0.25, 0.3) is 0 Å². The molecule has 2 nitrogen and oxygen atoms in total. The molecule has 0 saturated heterocycles. The topological polar surface area (TPSA) is 33.1 Å². The van der Waals surface area contributed by atoms with Crippen molar-refractivity contribution in [2.24, 2.45) is 0 Å². The zero-order valence-electron chi connectivity index (χ0n) is 9.08. The van der Waals surface area contributed by atoms with Crippen molar-refractivity contribution in [3.05, 3.63) is 64.6 Å². The number of hydrogen-bond acceptors (Lipinski definition) is 3. The fourth-order valence-corrected chi connectivity index (χ4v) is 2.53. The predicted octanol–water partition coefficient (Wildman–Crippen LogP) is 3.38. The molecule has 1 aromatic heterocycles. The van der Waals surface area contributed by atoms with Crippen molar-refractivity contribution in [2.45, 2.75) is 6.10 Å². The minimum Gasteiger partial charge on any atom is -0.383 e. The van der Waals surface area contributed by atoms with Crippen LogP contribution in [0.25, 0.3) is 10.8 Å². The molecule has 0 spiro atoms. The van der Waals surface area contributed by atoms with Crippen molar-refractivity contribution in [2.75, 3.05) is 0 Å². The number of benzene rings is 2. The van der Waals surface area contributed by atoms with Crippen molar-refractivity contribution in [3.63, 3.8) is 0 Å². The van der Waals surface area contributed by atoms with Crippen molar-refractivity contribution >= 4 is 22.1 Å². The number of aliphatic hydroxyl groups excluding tert-OH is 1. The van der Waals surface area contributed by atoms with E-state index in [0.29, 0.717) is 0 Å². The highest BCUT2D eigenvalue weighted by molar-refractivity contribution is 7.09. The van der Waals surface area contributed by atoms with E-state index in [0.717, 1.165) is 15.8 Å². The Kier molecular flexibility index (Phi) is 2.63. The van der Waals surface area contributed by atoms with E-state index in [1.54, 1.807) is 11.7 Å². The highest BCUT2D eigenvalue weighted by Gasteiger charge is 2.11. The van der Waals surface area contributed by atoms with Gasteiger partial charge in [-0.25, -0.2) is 0 Å². The molecule has 17 heavy (non-hydrogen) atoms. The molecule has 0 saturated carbocycles. The van der Waals surface area contributed by atoms with Gasteiger partial charge in [0.2, 0.25) is 0 Å². The molecule has 3 rings (SSSR count). The van der Waals surface area contributed by atoms with Crippen LogP contribution in [0.5, 0.6) is 0 Å². The Hall–Kier alpha value is -1.71. The van der Waals surface area contributed by atoms with Crippen molar-refractivity contribution < 1.29 is 5.11 Å². The highest BCUT2D eigenvalue weighted by atomic mass is 32.1. The number of aromatic nitrogens is 1. The maximum atomic E-state index is 10.2. The summed E-state index contributed by atoms with van der Waals surface area (Å²) in [5.41, 5.74) is 2.65. The first-order valence-electron chi connectivity index (χ1n) is 5.40. The zero-order chi connectivity index (χ0) is 11.7. The summed E-state index contributed by atoms with van der Waals surface area (Å²) < 4.78 is 0. The molecule has 1 unspecified atom stereocenters. The molecular formula is C14H11NOS. The molecule has 0 amide bonds. The second-order valence-corrected chi connectivity index (χ2v) is 4.83. The van der Waals surface area contributed by atoms with Gasteiger partial charge in [0.05, 0.1) is 10.4 Å². The van der Waals surface area contributed by atoms with Crippen LogP contribution in [-0.2, 0) is 0 Å². The zero-order valence-corrected chi connectivity index (χ0v) is 9.89. The quantitative estimate of drug-likeness (QED) is 0.746. The number of nitrogens with zero attached hydrogens (tertiary/aromatic N) is 1. The molecule has 3 heteroatoms. The van der Waals surface area contributed by atoms with Crippen LogP contribution in [0, 0.1) is 0 Å². The summed E-state index contributed by atoms with van der Waals surface area (Å²) in [4.78, 5) is 4.86. The summed E-state index contributed by atoms with van der Waals surface area (Å²) in [5.74, 6) is 0. The molecule has 0 fully saturated rings. The van der Waals surface area contributed by atoms with E-state index in [-0.39, 0.29) is 0 Å². The monoisotopic (exact) mass is 241 g/mol. The minimum atomic E-state index is -0.577. The molecule has 0 aliphatic heterocycles. The number of hydrogen-bond donors (Lipinski definition) is 1. The van der Waals surface area contributed by atoms with Gasteiger partial charge >= 0.3 is 0 Å². The first-order chi connectivity index (χ1) is 8.34. The standard InChI is InChI=1S/C14H11NOS/c16-14(13-8-15-9-17-13)12-6-5-10-3-1-2-4-11(10)7-12/h1-9,14,16H. The normalized spacial score (nSPS) is 12.8. The Morgan fingerprint density at radius 1 is 1.06 bits per heavy atom. The lowest BCUT2D eigenvalue weighted by Crippen LogP contribution is -1.96. The Balaban J connectivity index is 2.06. The molecule has 1 N–H and O–H groups in total. The first kappa shape index (κ1) is 10.4. The summed E-state index contributed by atoms with van der Waals surface area (Å²) in [6, 6.07) is 14.2. The van der Waals surface area contributed by atoms with Gasteiger partial charge in [-0.3, -0.25) is 4.98 Å². The van der Waals surface area contributed by atoms with Crippen LogP contribution >= 0.6 is 11.3 Å². The average molecular weight is 241 g/mol. The second-order valence-electron chi connectivity index (χ2n) is 3.91. The largest absolute Gasteiger partial charge is 0.383 e. The molecule has 0 bridgehead atoms. The molecule has 84 valence electrons. The maximum Gasteiger partial charge on any atom is 0.115 e. The Labute approximate surface area is 103 Å². The molecule has 2 aromatic carbocycles. The van der Waals surface area contributed by atoms with Crippen LogP contribution in [0.1, 0.15) is 16.5 Å². The maximum absolute atomic E-state index is 10.2. The van der Waals surface area contributed by atoms with Crippen molar-refractivity contribution in [3.8, 4) is 0 Å². The second kappa shape index (κ2) is 4.28. The third-order valence-corrected chi connectivity index (χ3v) is 3.64. The van der Waals surface area contributed by atoms with E-state index in [4.69, 9.17) is 0 Å². The van der Waals surface area contributed by atoms with Crippen LogP contribution in [0.15, 0.2) is 54.2 Å². The lowest BCUT2D eigenvalue weighted by Gasteiger charge is -2.09. The molecule has 1 heterocycles.